The second kappa shape index (κ2) is 6.41. The lowest BCUT2D eigenvalue weighted by atomic mass is 9.99. The molecule has 2 aromatic carbocycles. The lowest BCUT2D eigenvalue weighted by Crippen LogP contribution is -2.53. The summed E-state index contributed by atoms with van der Waals surface area (Å²) in [6, 6.07) is 15.5. The Balaban J connectivity index is 1.47. The molecule has 1 N–H and O–H groups in total. The Morgan fingerprint density at radius 3 is 3.00 bits per heavy atom. The molecule has 0 radical (unpaired) electrons. The topological polar surface area (TPSA) is 50.8 Å². The minimum absolute atomic E-state index is 0.0451. The number of amides is 1. The van der Waals surface area contributed by atoms with Crippen LogP contribution in [-0.2, 0) is 6.54 Å². The van der Waals surface area contributed by atoms with E-state index in [1.54, 1.807) is 7.11 Å². The van der Waals surface area contributed by atoms with E-state index < -0.39 is 0 Å². The van der Waals surface area contributed by atoms with Gasteiger partial charge in [-0.1, -0.05) is 24.3 Å². The molecule has 1 unspecified atom stereocenters. The highest BCUT2D eigenvalue weighted by atomic mass is 16.5. The number of methoxy groups -OCH3 is 1. The Morgan fingerprint density at radius 2 is 2.12 bits per heavy atom. The van der Waals surface area contributed by atoms with Gasteiger partial charge in [0.15, 0.2) is 0 Å². The van der Waals surface area contributed by atoms with Gasteiger partial charge in [0.05, 0.1) is 18.2 Å². The highest BCUT2D eigenvalue weighted by Crippen LogP contribution is 2.30. The van der Waals surface area contributed by atoms with Crippen LogP contribution in [0.5, 0.6) is 11.5 Å². The van der Waals surface area contributed by atoms with Crippen molar-refractivity contribution >= 4 is 5.91 Å². The van der Waals surface area contributed by atoms with Gasteiger partial charge in [0.25, 0.3) is 5.91 Å². The average Bonchev–Trinajstić information content (AvgIpc) is 2.96. The minimum Gasteiger partial charge on any atom is -0.497 e. The van der Waals surface area contributed by atoms with Gasteiger partial charge in [0.1, 0.15) is 18.1 Å². The smallest absolute Gasteiger partial charge is 0.255 e. The summed E-state index contributed by atoms with van der Waals surface area (Å²) in [7, 11) is 1.68. The molecule has 1 fully saturated rings. The SMILES string of the molecule is COc1cccc(CN2CCC3(COc4ccccc4C(=O)N3)C2)c1. The Morgan fingerprint density at radius 1 is 1.24 bits per heavy atom. The second-order valence-corrected chi connectivity index (χ2v) is 6.83. The van der Waals surface area contributed by atoms with Crippen LogP contribution in [0.2, 0.25) is 0 Å². The van der Waals surface area contributed by atoms with E-state index in [0.717, 1.165) is 31.8 Å². The van der Waals surface area contributed by atoms with Crippen LogP contribution in [0.4, 0.5) is 0 Å². The highest BCUT2D eigenvalue weighted by Gasteiger charge is 2.42. The molecule has 0 saturated carbocycles. The third-order valence-electron chi connectivity index (χ3n) is 4.99. The number of hydrogen-bond donors (Lipinski definition) is 1. The Hall–Kier alpha value is -2.53. The number of rotatable bonds is 3. The maximum Gasteiger partial charge on any atom is 0.255 e. The van der Waals surface area contributed by atoms with Crippen LogP contribution in [-0.4, -0.2) is 43.2 Å². The van der Waals surface area contributed by atoms with Gasteiger partial charge in [-0.25, -0.2) is 0 Å². The Kier molecular flexibility index (Phi) is 4.09. The van der Waals surface area contributed by atoms with Crippen molar-refractivity contribution in [3.05, 3.63) is 59.7 Å². The molecule has 5 nitrogen and oxygen atoms in total. The molecule has 4 rings (SSSR count). The number of para-hydroxylation sites is 1. The average molecular weight is 338 g/mol. The van der Waals surface area contributed by atoms with Gasteiger partial charge in [0.2, 0.25) is 0 Å². The van der Waals surface area contributed by atoms with Crippen molar-refractivity contribution in [3.63, 3.8) is 0 Å². The van der Waals surface area contributed by atoms with E-state index in [9.17, 15) is 4.79 Å². The van der Waals surface area contributed by atoms with Gasteiger partial charge in [-0.15, -0.1) is 0 Å². The van der Waals surface area contributed by atoms with Gasteiger partial charge in [-0.2, -0.15) is 0 Å². The number of fused-ring (bicyclic) bond motifs is 1. The number of benzene rings is 2. The van der Waals surface area contributed by atoms with Gasteiger partial charge >= 0.3 is 0 Å². The van der Waals surface area contributed by atoms with Crippen LogP contribution in [0, 0.1) is 0 Å². The first-order valence-corrected chi connectivity index (χ1v) is 8.57. The van der Waals surface area contributed by atoms with Crippen LogP contribution in [0.25, 0.3) is 0 Å². The number of carbonyl (C=O) groups is 1. The quantitative estimate of drug-likeness (QED) is 0.934. The zero-order valence-electron chi connectivity index (χ0n) is 14.3. The summed E-state index contributed by atoms with van der Waals surface area (Å²) in [5.74, 6) is 1.49. The molecule has 2 aliphatic heterocycles. The molecule has 1 atom stereocenters. The van der Waals surface area contributed by atoms with Crippen molar-refractivity contribution in [3.8, 4) is 11.5 Å². The van der Waals surface area contributed by atoms with Crippen LogP contribution >= 0.6 is 0 Å². The van der Waals surface area contributed by atoms with E-state index in [0.29, 0.717) is 17.9 Å². The molecule has 130 valence electrons. The van der Waals surface area contributed by atoms with E-state index in [1.807, 2.05) is 36.4 Å². The second-order valence-electron chi connectivity index (χ2n) is 6.83. The first-order valence-electron chi connectivity index (χ1n) is 8.57. The van der Waals surface area contributed by atoms with Crippen LogP contribution in [0.3, 0.4) is 0 Å². The first kappa shape index (κ1) is 16.0. The number of likely N-dealkylation sites (tertiary alicyclic amines) is 1. The summed E-state index contributed by atoms with van der Waals surface area (Å²) in [4.78, 5) is 14.9. The molecular weight excluding hydrogens is 316 g/mol. The fourth-order valence-corrected chi connectivity index (χ4v) is 3.68. The van der Waals surface area contributed by atoms with Crippen molar-refractivity contribution < 1.29 is 14.3 Å². The Labute approximate surface area is 147 Å². The number of ether oxygens (including phenoxy) is 2. The monoisotopic (exact) mass is 338 g/mol. The molecule has 2 heterocycles. The van der Waals surface area contributed by atoms with Crippen LogP contribution in [0.15, 0.2) is 48.5 Å². The molecule has 0 aliphatic carbocycles. The molecule has 1 amide bonds. The standard InChI is InChI=1S/C20H22N2O3/c1-24-16-6-4-5-15(11-16)12-22-10-9-20(13-22)14-25-18-8-3-2-7-17(18)19(23)21-20/h2-8,11H,9-10,12-14H2,1H3,(H,21,23). The van der Waals surface area contributed by atoms with Crippen molar-refractivity contribution in [2.75, 3.05) is 26.8 Å². The summed E-state index contributed by atoms with van der Waals surface area (Å²) in [6.45, 7) is 3.05. The normalized spacial score (nSPS) is 22.8. The molecule has 5 heteroatoms. The zero-order valence-corrected chi connectivity index (χ0v) is 14.3. The summed E-state index contributed by atoms with van der Waals surface area (Å²) in [5.41, 5.74) is 1.50. The number of nitrogens with zero attached hydrogens (tertiary/aromatic N) is 1. The maximum absolute atomic E-state index is 12.6. The molecule has 0 aromatic heterocycles. The highest BCUT2D eigenvalue weighted by molar-refractivity contribution is 5.97. The van der Waals surface area contributed by atoms with E-state index in [4.69, 9.17) is 9.47 Å². The molecule has 1 spiro atoms. The van der Waals surface area contributed by atoms with Crippen LogP contribution in [0.1, 0.15) is 22.3 Å². The third-order valence-corrected chi connectivity index (χ3v) is 4.99. The van der Waals surface area contributed by atoms with E-state index in [2.05, 4.69) is 22.3 Å². The molecule has 25 heavy (non-hydrogen) atoms. The fraction of sp³-hybridized carbons (Fsp3) is 0.350. The van der Waals surface area contributed by atoms with Crippen molar-refractivity contribution in [1.82, 2.24) is 10.2 Å². The maximum atomic E-state index is 12.6. The summed E-state index contributed by atoms with van der Waals surface area (Å²) >= 11 is 0. The third kappa shape index (κ3) is 3.20. The molecule has 2 aromatic rings. The largest absolute Gasteiger partial charge is 0.497 e. The fourth-order valence-electron chi connectivity index (χ4n) is 3.68. The van der Waals surface area contributed by atoms with Crippen molar-refractivity contribution in [1.29, 1.82) is 0 Å². The minimum atomic E-state index is -0.324. The molecular formula is C20H22N2O3. The van der Waals surface area contributed by atoms with E-state index >= 15 is 0 Å². The van der Waals surface area contributed by atoms with Crippen LogP contribution < -0.4 is 14.8 Å². The summed E-state index contributed by atoms with van der Waals surface area (Å²) in [6.07, 6.45) is 0.886. The van der Waals surface area contributed by atoms with Gasteiger partial charge in [-0.05, 0) is 36.2 Å². The predicted molar refractivity (Wildman–Crippen MR) is 95.0 cm³/mol. The van der Waals surface area contributed by atoms with Crippen molar-refractivity contribution in [2.45, 2.75) is 18.5 Å². The van der Waals surface area contributed by atoms with Gasteiger partial charge < -0.3 is 14.8 Å². The van der Waals surface area contributed by atoms with E-state index in [-0.39, 0.29) is 11.4 Å². The summed E-state index contributed by atoms with van der Waals surface area (Å²) in [5, 5.41) is 3.22. The number of carbonyl (C=O) groups excluding carboxylic acids is 1. The van der Waals surface area contributed by atoms with Gasteiger partial charge in [0, 0.05) is 19.6 Å². The first-order chi connectivity index (χ1) is 12.2. The molecule has 0 bridgehead atoms. The Bertz CT molecular complexity index is 792. The molecule has 1 saturated heterocycles. The molecule has 2 aliphatic rings. The lowest BCUT2D eigenvalue weighted by Gasteiger charge is -2.28. The zero-order chi connectivity index (χ0) is 17.3. The van der Waals surface area contributed by atoms with E-state index in [1.165, 1.54) is 5.56 Å². The summed E-state index contributed by atoms with van der Waals surface area (Å²) < 4.78 is 11.3. The number of hydrogen-bond acceptors (Lipinski definition) is 4. The number of nitrogens with one attached hydrogen (secondary N) is 1. The van der Waals surface area contributed by atoms with Gasteiger partial charge in [-0.3, -0.25) is 9.69 Å². The van der Waals surface area contributed by atoms with Crippen molar-refractivity contribution in [2.24, 2.45) is 0 Å². The predicted octanol–water partition coefficient (Wildman–Crippen LogP) is 2.46. The lowest BCUT2D eigenvalue weighted by molar-refractivity contribution is 0.0888.